The van der Waals surface area contributed by atoms with Gasteiger partial charge in [-0.05, 0) is 0 Å². The third-order valence-electron chi connectivity index (χ3n) is 3.96. The van der Waals surface area contributed by atoms with Gasteiger partial charge in [0.1, 0.15) is 18.3 Å². The lowest BCUT2D eigenvalue weighted by atomic mass is 10.1. The summed E-state index contributed by atoms with van der Waals surface area (Å²) in [5.74, 6) is -0.0710. The third-order valence-corrected chi connectivity index (χ3v) is 3.96. The number of fused-ring (bicyclic) bond motifs is 1. The van der Waals surface area contributed by atoms with Crippen molar-refractivity contribution in [2.24, 2.45) is 0 Å². The average Bonchev–Trinajstić information content (AvgIpc) is 3.12. The Morgan fingerprint density at radius 3 is 2.92 bits per heavy atom. The number of hydrogen-bond donors (Lipinski definition) is 4. The lowest BCUT2D eigenvalue weighted by molar-refractivity contribution is -0.150. The molecule has 2 aromatic heterocycles. The highest BCUT2D eigenvalue weighted by molar-refractivity contribution is 5.70. The van der Waals surface area contributed by atoms with E-state index in [0.29, 0.717) is 0 Å². The van der Waals surface area contributed by atoms with Crippen LogP contribution in [0.15, 0.2) is 11.1 Å². The molecule has 0 saturated carbocycles. The number of nitrogens with zero attached hydrogens (tertiary/aromatic N) is 4. The van der Waals surface area contributed by atoms with Gasteiger partial charge in [-0.1, -0.05) is 0 Å². The van der Waals surface area contributed by atoms with Crippen molar-refractivity contribution in [3.8, 4) is 0 Å². The second-order valence-electron chi connectivity index (χ2n) is 5.99. The first kappa shape index (κ1) is 18.7. The van der Waals surface area contributed by atoms with Gasteiger partial charge in [-0.2, -0.15) is 10.0 Å². The summed E-state index contributed by atoms with van der Waals surface area (Å²) in [5, 5.41) is 21.4. The fraction of sp³-hybridized carbons (Fsp3) is 0.643. The first-order chi connectivity index (χ1) is 12.4. The summed E-state index contributed by atoms with van der Waals surface area (Å²) < 4.78 is 12.9. The molecule has 0 bridgehead atoms. The number of H-pyrrole nitrogens is 1. The summed E-state index contributed by atoms with van der Waals surface area (Å²) in [4.78, 5) is 27.7. The number of hydroxylamine groups is 2. The molecule has 144 valence electrons. The summed E-state index contributed by atoms with van der Waals surface area (Å²) in [7, 11) is 3.48. The third kappa shape index (κ3) is 3.56. The summed E-state index contributed by atoms with van der Waals surface area (Å²) in [5.41, 5.74) is 5.39. The van der Waals surface area contributed by atoms with Crippen molar-refractivity contribution in [3.63, 3.8) is 0 Å². The number of hydrogen-bond acceptors (Lipinski definition) is 10. The van der Waals surface area contributed by atoms with Crippen molar-refractivity contribution >= 4 is 17.1 Å². The number of nitrogens with two attached hydrogens (primary N) is 1. The molecule has 1 aliphatic heterocycles. The maximum Gasteiger partial charge on any atom is 0.280 e. The highest BCUT2D eigenvalue weighted by Gasteiger charge is 2.45. The highest BCUT2D eigenvalue weighted by Crippen LogP contribution is 2.33. The molecule has 0 aliphatic carbocycles. The van der Waals surface area contributed by atoms with Gasteiger partial charge < -0.3 is 25.4 Å². The standard InChI is InChI=1S/C14H22N6O6/c1-19(2)25-4-3-24-10-9(22)7(5-21)26-13(10)20-6-16-8-11(20)17-14(15)18-12(8)23/h6-7,9-10,13,21-22H,3-5H2,1-2H3,(H3,15,17,18,23)/t7-,9-,10-,13-/m1/s1. The molecule has 2 aromatic rings. The van der Waals surface area contributed by atoms with Crippen LogP contribution in [0.25, 0.3) is 11.2 Å². The van der Waals surface area contributed by atoms with E-state index < -0.39 is 36.7 Å². The summed E-state index contributed by atoms with van der Waals surface area (Å²) in [6.07, 6.45) is -2.24. The first-order valence-corrected chi connectivity index (χ1v) is 8.01. The van der Waals surface area contributed by atoms with Crippen LogP contribution in [0.1, 0.15) is 6.23 Å². The van der Waals surface area contributed by atoms with Gasteiger partial charge in [0.05, 0.1) is 26.1 Å². The molecular weight excluding hydrogens is 348 g/mol. The van der Waals surface area contributed by atoms with E-state index in [1.165, 1.54) is 16.0 Å². The number of anilines is 1. The topological polar surface area (TPSA) is 161 Å². The van der Waals surface area contributed by atoms with Gasteiger partial charge >= 0.3 is 0 Å². The highest BCUT2D eigenvalue weighted by atomic mass is 16.7. The van der Waals surface area contributed by atoms with Gasteiger partial charge in [0, 0.05) is 14.1 Å². The molecule has 3 rings (SSSR count). The minimum absolute atomic E-state index is 0.0710. The van der Waals surface area contributed by atoms with Crippen LogP contribution in [0, 0.1) is 0 Å². The van der Waals surface area contributed by atoms with Gasteiger partial charge in [-0.3, -0.25) is 19.2 Å². The normalized spacial score (nSPS) is 26.2. The van der Waals surface area contributed by atoms with Gasteiger partial charge in [0.25, 0.3) is 5.56 Å². The van der Waals surface area contributed by atoms with E-state index in [9.17, 15) is 15.0 Å². The van der Waals surface area contributed by atoms with E-state index in [4.69, 9.17) is 20.0 Å². The second kappa shape index (κ2) is 7.65. The number of aromatic amines is 1. The van der Waals surface area contributed by atoms with Crippen LogP contribution >= 0.6 is 0 Å². The Kier molecular flexibility index (Phi) is 5.50. The van der Waals surface area contributed by atoms with E-state index >= 15 is 0 Å². The molecule has 26 heavy (non-hydrogen) atoms. The van der Waals surface area contributed by atoms with Crippen LogP contribution in [0.2, 0.25) is 0 Å². The minimum Gasteiger partial charge on any atom is -0.394 e. The molecule has 0 spiro atoms. The predicted molar refractivity (Wildman–Crippen MR) is 88.9 cm³/mol. The maximum absolute atomic E-state index is 11.9. The van der Waals surface area contributed by atoms with Crippen LogP contribution in [-0.2, 0) is 14.3 Å². The van der Waals surface area contributed by atoms with E-state index in [1.54, 1.807) is 14.1 Å². The Labute approximate surface area is 148 Å². The van der Waals surface area contributed by atoms with Gasteiger partial charge in [0.2, 0.25) is 5.95 Å². The number of nitrogens with one attached hydrogen (secondary N) is 1. The van der Waals surface area contributed by atoms with Crippen LogP contribution in [0.5, 0.6) is 0 Å². The Morgan fingerprint density at radius 1 is 1.46 bits per heavy atom. The predicted octanol–water partition coefficient (Wildman–Crippen LogP) is -2.17. The van der Waals surface area contributed by atoms with Gasteiger partial charge in [-0.15, -0.1) is 0 Å². The minimum atomic E-state index is -1.08. The number of nitrogen functional groups attached to an aromatic ring is 1. The number of ether oxygens (including phenoxy) is 2. The molecule has 5 N–H and O–H groups in total. The van der Waals surface area contributed by atoms with Crippen molar-refractivity contribution in [2.45, 2.75) is 24.5 Å². The number of rotatable bonds is 7. The lowest BCUT2D eigenvalue weighted by Gasteiger charge is -2.22. The first-order valence-electron chi connectivity index (χ1n) is 8.01. The summed E-state index contributed by atoms with van der Waals surface area (Å²) in [6.45, 7) is 0.0531. The number of imidazole rings is 1. The molecule has 12 nitrogen and oxygen atoms in total. The van der Waals surface area contributed by atoms with Crippen molar-refractivity contribution in [3.05, 3.63) is 16.7 Å². The molecule has 12 heteroatoms. The van der Waals surface area contributed by atoms with E-state index in [0.717, 1.165) is 0 Å². The van der Waals surface area contributed by atoms with Crippen LogP contribution in [0.3, 0.4) is 0 Å². The molecule has 1 fully saturated rings. The number of aliphatic hydroxyl groups excluding tert-OH is 2. The second-order valence-corrected chi connectivity index (χ2v) is 5.99. The Bertz CT molecular complexity index is 807. The van der Waals surface area contributed by atoms with E-state index in [-0.39, 0.29) is 30.3 Å². The summed E-state index contributed by atoms with van der Waals surface area (Å²) in [6, 6.07) is 0. The molecular formula is C14H22N6O6. The van der Waals surface area contributed by atoms with Gasteiger partial charge in [0.15, 0.2) is 17.4 Å². The van der Waals surface area contributed by atoms with Crippen LogP contribution in [0.4, 0.5) is 5.95 Å². The quantitative estimate of drug-likeness (QED) is 0.312. The smallest absolute Gasteiger partial charge is 0.280 e. The zero-order valence-corrected chi connectivity index (χ0v) is 14.4. The largest absolute Gasteiger partial charge is 0.394 e. The molecule has 3 heterocycles. The molecule has 0 amide bonds. The maximum atomic E-state index is 11.9. The Hall–Kier alpha value is -2.09. The number of aromatic nitrogens is 4. The fourth-order valence-electron chi connectivity index (χ4n) is 2.81. The van der Waals surface area contributed by atoms with E-state index in [1.807, 2.05) is 0 Å². The number of aliphatic hydroxyl groups is 2. The molecule has 0 aromatic carbocycles. The summed E-state index contributed by atoms with van der Waals surface area (Å²) >= 11 is 0. The molecule has 1 aliphatic rings. The van der Waals surface area contributed by atoms with Crippen molar-refractivity contribution in [2.75, 3.05) is 39.6 Å². The average molecular weight is 370 g/mol. The SMILES string of the molecule is CN(C)OCCO[C@@H]1[C@H](O)[C@@H](CO)O[C@H]1n1cnc2c(=O)[nH]c(N)nc21. The molecule has 1 saturated heterocycles. The Balaban J connectivity index is 1.87. The zero-order chi connectivity index (χ0) is 18.8. The Morgan fingerprint density at radius 2 is 2.23 bits per heavy atom. The molecule has 0 radical (unpaired) electrons. The van der Waals surface area contributed by atoms with Crippen LogP contribution in [-0.4, -0.2) is 87.0 Å². The van der Waals surface area contributed by atoms with Crippen molar-refractivity contribution < 1.29 is 24.5 Å². The lowest BCUT2D eigenvalue weighted by Crippen LogP contribution is -2.36. The molecule has 0 unspecified atom stereocenters. The van der Waals surface area contributed by atoms with Crippen LogP contribution < -0.4 is 11.3 Å². The molecule has 4 atom stereocenters. The van der Waals surface area contributed by atoms with Gasteiger partial charge in [-0.25, -0.2) is 4.98 Å². The van der Waals surface area contributed by atoms with Crippen molar-refractivity contribution in [1.82, 2.24) is 24.6 Å². The van der Waals surface area contributed by atoms with E-state index in [2.05, 4.69) is 15.0 Å². The fourth-order valence-corrected chi connectivity index (χ4v) is 2.81. The monoisotopic (exact) mass is 370 g/mol. The van der Waals surface area contributed by atoms with Crippen molar-refractivity contribution in [1.29, 1.82) is 0 Å². The zero-order valence-electron chi connectivity index (χ0n) is 14.4.